The van der Waals surface area contributed by atoms with Crippen molar-refractivity contribution < 1.29 is 9.80 Å². The lowest BCUT2D eigenvalue weighted by Gasteiger charge is -2.35. The summed E-state index contributed by atoms with van der Waals surface area (Å²) >= 11 is 0. The van der Waals surface area contributed by atoms with Crippen molar-refractivity contribution >= 4 is 48.4 Å². The molecule has 5 aromatic rings. The lowest BCUT2D eigenvalue weighted by atomic mass is 10.2. The van der Waals surface area contributed by atoms with Crippen molar-refractivity contribution in [2.45, 2.75) is 11.8 Å². The monoisotopic (exact) mass is 616 g/mol. The van der Waals surface area contributed by atoms with Crippen LogP contribution < -0.4 is 31.0 Å². The number of rotatable bonds is 8. The van der Waals surface area contributed by atoms with Gasteiger partial charge in [-0.25, -0.2) is 9.80 Å². The molecule has 0 aliphatic carbocycles. The van der Waals surface area contributed by atoms with Crippen molar-refractivity contribution in [2.24, 2.45) is 0 Å². The molecule has 7 rings (SSSR count). The maximum atomic E-state index is 2.63. The molecule has 2 fully saturated rings. The van der Waals surface area contributed by atoms with E-state index in [9.17, 15) is 0 Å². The number of benzene rings is 5. The Balaban J connectivity index is 1.32. The van der Waals surface area contributed by atoms with Gasteiger partial charge in [0.05, 0.1) is 26.2 Å². The zero-order valence-electron chi connectivity index (χ0n) is 25.6. The van der Waals surface area contributed by atoms with Gasteiger partial charge in [0, 0.05) is 28.0 Å². The highest BCUT2D eigenvalue weighted by Crippen LogP contribution is 2.42. The summed E-state index contributed by atoms with van der Waals surface area (Å²) in [5, 5.41) is 5.80. The van der Waals surface area contributed by atoms with E-state index >= 15 is 0 Å². The minimum Gasteiger partial charge on any atom is -0.277 e. The molecule has 6 heteroatoms. The molecule has 2 N–H and O–H groups in total. The highest BCUT2D eigenvalue weighted by molar-refractivity contribution is 7.73. The minimum atomic E-state index is -0.610. The molecular formula is C38H42N4P2+2. The number of quaternary nitrogens is 2. The quantitative estimate of drug-likeness (QED) is 0.260. The van der Waals surface area contributed by atoms with Gasteiger partial charge < -0.3 is 0 Å². The van der Waals surface area contributed by atoms with Crippen LogP contribution in [-0.2, 0) is 0 Å². The van der Waals surface area contributed by atoms with Gasteiger partial charge in [-0.15, -0.1) is 0 Å². The van der Waals surface area contributed by atoms with E-state index in [0.29, 0.717) is 11.8 Å². The fraction of sp³-hybridized carbons (Fsp3) is 0.211. The van der Waals surface area contributed by atoms with Crippen LogP contribution in [0.15, 0.2) is 146 Å². The molecule has 2 saturated heterocycles. The summed E-state index contributed by atoms with van der Waals surface area (Å²) in [5.74, 6) is 0.720. The second-order valence-electron chi connectivity index (χ2n) is 11.9. The van der Waals surface area contributed by atoms with Crippen LogP contribution in [0.2, 0.25) is 0 Å². The number of hydrogen-bond acceptors (Lipinski definition) is 2. The molecule has 0 aromatic heterocycles. The molecule has 4 atom stereocenters. The molecule has 222 valence electrons. The second kappa shape index (κ2) is 13.4. The maximum Gasteiger partial charge on any atom is 0.194 e. The first-order valence-electron chi connectivity index (χ1n) is 15.7. The number of likely N-dealkylation sites (N-methyl/N-ethyl adjacent to an activating group) is 2. The molecule has 2 heterocycles. The van der Waals surface area contributed by atoms with Gasteiger partial charge in [0.2, 0.25) is 0 Å². The summed E-state index contributed by atoms with van der Waals surface area (Å²) in [5.41, 5.74) is 2.93. The SMILES string of the molecule is CN1CC[NH+](c2ccccc2[NH+]2CCN(C)C2P(c2ccccc2)c2ccccc2)C1P(c1ccccc1)c1ccccc1. The molecule has 4 nitrogen and oxygen atoms in total. The van der Waals surface area contributed by atoms with Crippen molar-refractivity contribution in [2.75, 3.05) is 40.3 Å². The molecule has 0 radical (unpaired) electrons. The van der Waals surface area contributed by atoms with Crippen LogP contribution in [-0.4, -0.2) is 61.9 Å². The Morgan fingerprint density at radius 2 is 0.705 bits per heavy atom. The van der Waals surface area contributed by atoms with Crippen LogP contribution in [0.25, 0.3) is 0 Å². The molecule has 0 bridgehead atoms. The van der Waals surface area contributed by atoms with Crippen molar-refractivity contribution in [1.29, 1.82) is 0 Å². The predicted molar refractivity (Wildman–Crippen MR) is 188 cm³/mol. The summed E-state index contributed by atoms with van der Waals surface area (Å²) in [6.07, 6.45) is 0. The maximum absolute atomic E-state index is 2.63. The highest BCUT2D eigenvalue weighted by Gasteiger charge is 2.47. The molecule has 5 aromatic carbocycles. The van der Waals surface area contributed by atoms with Crippen LogP contribution in [0, 0.1) is 0 Å². The Morgan fingerprint density at radius 3 is 1.00 bits per heavy atom. The van der Waals surface area contributed by atoms with E-state index in [1.165, 1.54) is 32.6 Å². The Hall–Kier alpha value is -3.20. The Bertz CT molecular complexity index is 1430. The van der Waals surface area contributed by atoms with E-state index in [2.05, 4.69) is 169 Å². The summed E-state index contributed by atoms with van der Waals surface area (Å²) in [7, 11) is 3.46. The van der Waals surface area contributed by atoms with Crippen molar-refractivity contribution in [3.8, 4) is 0 Å². The zero-order valence-corrected chi connectivity index (χ0v) is 27.4. The van der Waals surface area contributed by atoms with Crippen molar-refractivity contribution in [3.05, 3.63) is 146 Å². The van der Waals surface area contributed by atoms with Crippen LogP contribution in [0.1, 0.15) is 0 Å². The molecule has 2 aliphatic heterocycles. The van der Waals surface area contributed by atoms with E-state index in [0.717, 1.165) is 26.2 Å². The molecule has 0 amide bonds. The van der Waals surface area contributed by atoms with Gasteiger partial charge in [-0.2, -0.15) is 0 Å². The third kappa shape index (κ3) is 5.80. The number of hydrogen-bond donors (Lipinski definition) is 2. The standard InChI is InChI=1S/C38H40N4P2/c1-39-27-29-41(37(39)43(31-17-7-3-8-18-31)32-19-9-4-10-20-32)35-25-15-16-26-36(35)42-30-28-40(2)38(42)44(33-21-11-5-12-22-33)34-23-13-6-14-24-34/h3-26,37-38H,27-30H2,1-2H3/p+2. The van der Waals surface area contributed by atoms with Gasteiger partial charge in [0.25, 0.3) is 0 Å². The summed E-state index contributed by atoms with van der Waals surface area (Å²) in [6, 6.07) is 54.4. The molecule has 2 aliphatic rings. The summed E-state index contributed by atoms with van der Waals surface area (Å²) in [6.45, 7) is 4.39. The van der Waals surface area contributed by atoms with E-state index in [1.54, 1.807) is 9.80 Å². The predicted octanol–water partition coefficient (Wildman–Crippen LogP) is 3.44. The minimum absolute atomic E-state index is 0.360. The lowest BCUT2D eigenvalue weighted by molar-refractivity contribution is -0.864. The van der Waals surface area contributed by atoms with E-state index in [4.69, 9.17) is 0 Å². The fourth-order valence-corrected chi connectivity index (χ4v) is 13.0. The third-order valence-corrected chi connectivity index (χ3v) is 15.0. The molecule has 0 saturated carbocycles. The van der Waals surface area contributed by atoms with Gasteiger partial charge in [-0.05, 0) is 35.3 Å². The van der Waals surface area contributed by atoms with E-state index in [1.807, 2.05) is 0 Å². The van der Waals surface area contributed by atoms with Gasteiger partial charge in [0.1, 0.15) is 0 Å². The first kappa shape index (κ1) is 29.5. The Kier molecular flexibility index (Phi) is 9.00. The van der Waals surface area contributed by atoms with Crippen LogP contribution in [0.3, 0.4) is 0 Å². The zero-order chi connectivity index (χ0) is 29.9. The van der Waals surface area contributed by atoms with Crippen LogP contribution >= 0.6 is 15.8 Å². The average Bonchev–Trinajstić information content (AvgIpc) is 3.65. The molecular weight excluding hydrogens is 574 g/mol. The normalized spacial score (nSPS) is 22.6. The Labute approximate surface area is 265 Å². The first-order valence-corrected chi connectivity index (χ1v) is 18.5. The Morgan fingerprint density at radius 1 is 0.432 bits per heavy atom. The topological polar surface area (TPSA) is 15.4 Å². The van der Waals surface area contributed by atoms with Gasteiger partial charge in [-0.1, -0.05) is 133 Å². The van der Waals surface area contributed by atoms with E-state index in [-0.39, 0.29) is 0 Å². The second-order valence-corrected chi connectivity index (χ2v) is 16.4. The number of nitrogens with one attached hydrogen (secondary N) is 2. The number of nitrogens with zero attached hydrogens (tertiary/aromatic N) is 2. The number of para-hydroxylation sites is 2. The molecule has 44 heavy (non-hydrogen) atoms. The van der Waals surface area contributed by atoms with Gasteiger partial charge in [-0.3, -0.25) is 9.80 Å². The van der Waals surface area contributed by atoms with Crippen LogP contribution in [0.5, 0.6) is 0 Å². The van der Waals surface area contributed by atoms with E-state index < -0.39 is 15.8 Å². The fourth-order valence-electron chi connectivity index (χ4n) is 7.14. The molecule has 0 spiro atoms. The summed E-state index contributed by atoms with van der Waals surface area (Å²) in [4.78, 5) is 8.46. The van der Waals surface area contributed by atoms with Gasteiger partial charge in [0.15, 0.2) is 23.2 Å². The largest absolute Gasteiger partial charge is 0.277 e. The molecule has 4 unspecified atom stereocenters. The highest BCUT2D eigenvalue weighted by atomic mass is 31.1. The summed E-state index contributed by atoms with van der Waals surface area (Å²) < 4.78 is 0. The average molecular weight is 617 g/mol. The first-order chi connectivity index (χ1) is 21.7. The van der Waals surface area contributed by atoms with Crippen molar-refractivity contribution in [3.63, 3.8) is 0 Å². The van der Waals surface area contributed by atoms with Crippen molar-refractivity contribution in [1.82, 2.24) is 9.80 Å². The van der Waals surface area contributed by atoms with Crippen LogP contribution in [0.4, 0.5) is 11.4 Å². The smallest absolute Gasteiger partial charge is 0.194 e. The lowest BCUT2D eigenvalue weighted by Crippen LogP contribution is -3.14. The van der Waals surface area contributed by atoms with Gasteiger partial charge >= 0.3 is 0 Å². The third-order valence-electron chi connectivity index (χ3n) is 9.17.